The highest BCUT2D eigenvalue weighted by molar-refractivity contribution is 9.10. The van der Waals surface area contributed by atoms with Crippen molar-refractivity contribution >= 4 is 15.9 Å². The van der Waals surface area contributed by atoms with Crippen molar-refractivity contribution in [1.29, 1.82) is 0 Å². The van der Waals surface area contributed by atoms with Gasteiger partial charge in [-0.05, 0) is 50.7 Å². The van der Waals surface area contributed by atoms with E-state index in [0.717, 1.165) is 28.1 Å². The van der Waals surface area contributed by atoms with Crippen molar-refractivity contribution in [2.24, 2.45) is 0 Å². The van der Waals surface area contributed by atoms with Gasteiger partial charge >= 0.3 is 0 Å². The molecule has 0 fully saturated rings. The normalized spacial score (nSPS) is 10.8. The standard InChI is InChI=1S/C13H16BrN3/c1-9-6-10(2)17(16-9)13-5-4-12(14)7-11(13)8-15-3/h4-7,15H,8H2,1-3H3. The van der Waals surface area contributed by atoms with Crippen molar-refractivity contribution in [2.75, 3.05) is 7.05 Å². The summed E-state index contributed by atoms with van der Waals surface area (Å²) in [6.45, 7) is 4.92. The summed E-state index contributed by atoms with van der Waals surface area (Å²) in [5.74, 6) is 0. The van der Waals surface area contributed by atoms with Crippen LogP contribution in [0.3, 0.4) is 0 Å². The SMILES string of the molecule is CNCc1cc(Br)ccc1-n1nc(C)cc1C. The lowest BCUT2D eigenvalue weighted by Gasteiger charge is -2.11. The molecule has 1 aromatic heterocycles. The van der Waals surface area contributed by atoms with Crippen molar-refractivity contribution in [1.82, 2.24) is 15.1 Å². The summed E-state index contributed by atoms with van der Waals surface area (Å²) in [6, 6.07) is 8.36. The maximum atomic E-state index is 4.53. The third kappa shape index (κ3) is 2.58. The zero-order valence-electron chi connectivity index (χ0n) is 10.3. The molecule has 0 amide bonds. The molecule has 0 aliphatic carbocycles. The van der Waals surface area contributed by atoms with E-state index in [0.29, 0.717) is 0 Å². The molecule has 0 saturated heterocycles. The summed E-state index contributed by atoms with van der Waals surface area (Å²) in [5, 5.41) is 7.71. The molecule has 1 heterocycles. The lowest BCUT2D eigenvalue weighted by Crippen LogP contribution is -2.10. The summed E-state index contributed by atoms with van der Waals surface area (Å²) < 4.78 is 3.09. The first-order valence-corrected chi connectivity index (χ1v) is 6.38. The molecule has 0 spiro atoms. The van der Waals surface area contributed by atoms with Crippen LogP contribution in [-0.4, -0.2) is 16.8 Å². The fraction of sp³-hybridized carbons (Fsp3) is 0.308. The molecule has 1 N–H and O–H groups in total. The van der Waals surface area contributed by atoms with E-state index in [9.17, 15) is 0 Å². The number of rotatable bonds is 3. The fourth-order valence-electron chi connectivity index (χ4n) is 1.97. The summed E-state index contributed by atoms with van der Waals surface area (Å²) in [6.07, 6.45) is 0. The van der Waals surface area contributed by atoms with Crippen LogP contribution in [0.5, 0.6) is 0 Å². The first-order valence-electron chi connectivity index (χ1n) is 5.58. The number of aryl methyl sites for hydroxylation is 2. The average molecular weight is 294 g/mol. The van der Waals surface area contributed by atoms with Crippen LogP contribution in [-0.2, 0) is 6.54 Å². The first kappa shape index (κ1) is 12.3. The van der Waals surface area contributed by atoms with E-state index in [4.69, 9.17) is 0 Å². The van der Waals surface area contributed by atoms with Gasteiger partial charge in [0.25, 0.3) is 0 Å². The number of hydrogen-bond donors (Lipinski definition) is 1. The highest BCUT2D eigenvalue weighted by Crippen LogP contribution is 2.21. The first-order chi connectivity index (χ1) is 8.11. The molecular weight excluding hydrogens is 278 g/mol. The van der Waals surface area contributed by atoms with Gasteiger partial charge in [0, 0.05) is 16.7 Å². The second-order valence-electron chi connectivity index (χ2n) is 4.14. The van der Waals surface area contributed by atoms with Crippen LogP contribution in [0.2, 0.25) is 0 Å². The van der Waals surface area contributed by atoms with Gasteiger partial charge in [0.15, 0.2) is 0 Å². The van der Waals surface area contributed by atoms with E-state index in [1.54, 1.807) is 0 Å². The number of halogens is 1. The van der Waals surface area contributed by atoms with Crippen LogP contribution in [0.4, 0.5) is 0 Å². The minimum absolute atomic E-state index is 0.827. The van der Waals surface area contributed by atoms with E-state index in [1.165, 1.54) is 5.56 Å². The molecular formula is C13H16BrN3. The predicted molar refractivity (Wildman–Crippen MR) is 73.5 cm³/mol. The van der Waals surface area contributed by atoms with Crippen molar-refractivity contribution in [3.05, 3.63) is 45.7 Å². The van der Waals surface area contributed by atoms with E-state index < -0.39 is 0 Å². The number of nitrogens with one attached hydrogen (secondary N) is 1. The Hall–Kier alpha value is -1.13. The minimum atomic E-state index is 0.827. The van der Waals surface area contributed by atoms with Crippen molar-refractivity contribution in [3.8, 4) is 5.69 Å². The summed E-state index contributed by atoms with van der Waals surface area (Å²) in [4.78, 5) is 0. The van der Waals surface area contributed by atoms with Crippen molar-refractivity contribution in [3.63, 3.8) is 0 Å². The Morgan fingerprint density at radius 1 is 1.29 bits per heavy atom. The van der Waals surface area contributed by atoms with Gasteiger partial charge in [0.2, 0.25) is 0 Å². The number of hydrogen-bond acceptors (Lipinski definition) is 2. The molecule has 17 heavy (non-hydrogen) atoms. The van der Waals surface area contributed by atoms with Crippen LogP contribution in [0.25, 0.3) is 5.69 Å². The molecule has 0 bridgehead atoms. The van der Waals surface area contributed by atoms with E-state index in [-0.39, 0.29) is 0 Å². The molecule has 0 aliphatic heterocycles. The molecule has 90 valence electrons. The van der Waals surface area contributed by atoms with Gasteiger partial charge in [-0.25, -0.2) is 4.68 Å². The number of nitrogens with zero attached hydrogens (tertiary/aromatic N) is 2. The van der Waals surface area contributed by atoms with Crippen molar-refractivity contribution in [2.45, 2.75) is 20.4 Å². The van der Waals surface area contributed by atoms with E-state index in [1.807, 2.05) is 24.7 Å². The van der Waals surface area contributed by atoms with Crippen LogP contribution < -0.4 is 5.32 Å². The molecule has 1 aromatic carbocycles. The minimum Gasteiger partial charge on any atom is -0.316 e. The quantitative estimate of drug-likeness (QED) is 0.943. The Morgan fingerprint density at radius 2 is 2.06 bits per heavy atom. The second kappa shape index (κ2) is 5.02. The molecule has 3 nitrogen and oxygen atoms in total. The van der Waals surface area contributed by atoms with Crippen LogP contribution >= 0.6 is 15.9 Å². The predicted octanol–water partition coefficient (Wildman–Crippen LogP) is 2.97. The van der Waals surface area contributed by atoms with E-state index >= 15 is 0 Å². The summed E-state index contributed by atoms with van der Waals surface area (Å²) in [7, 11) is 1.95. The number of aromatic nitrogens is 2. The van der Waals surface area contributed by atoms with Crippen molar-refractivity contribution < 1.29 is 0 Å². The smallest absolute Gasteiger partial charge is 0.0694 e. The Kier molecular flexibility index (Phi) is 3.64. The topological polar surface area (TPSA) is 29.9 Å². The summed E-state index contributed by atoms with van der Waals surface area (Å²) >= 11 is 3.51. The van der Waals surface area contributed by atoms with Crippen LogP contribution in [0.1, 0.15) is 17.0 Å². The maximum absolute atomic E-state index is 4.53. The second-order valence-corrected chi connectivity index (χ2v) is 5.06. The Bertz CT molecular complexity index is 531. The zero-order valence-corrected chi connectivity index (χ0v) is 11.9. The molecule has 0 radical (unpaired) electrons. The van der Waals surface area contributed by atoms with Crippen LogP contribution in [0, 0.1) is 13.8 Å². The Labute approximate surface area is 110 Å². The lowest BCUT2D eigenvalue weighted by atomic mass is 10.1. The Balaban J connectivity index is 2.54. The van der Waals surface area contributed by atoms with Gasteiger partial charge in [-0.1, -0.05) is 15.9 Å². The molecule has 0 unspecified atom stereocenters. The van der Waals surface area contributed by atoms with Gasteiger partial charge in [-0.3, -0.25) is 0 Å². The molecule has 2 aromatic rings. The monoisotopic (exact) mass is 293 g/mol. The van der Waals surface area contributed by atoms with Gasteiger partial charge in [-0.15, -0.1) is 0 Å². The highest BCUT2D eigenvalue weighted by atomic mass is 79.9. The number of benzene rings is 1. The highest BCUT2D eigenvalue weighted by Gasteiger charge is 2.08. The lowest BCUT2D eigenvalue weighted by molar-refractivity contribution is 0.774. The third-order valence-corrected chi connectivity index (χ3v) is 3.14. The Morgan fingerprint density at radius 3 is 2.65 bits per heavy atom. The zero-order chi connectivity index (χ0) is 12.4. The molecule has 0 saturated carbocycles. The van der Waals surface area contributed by atoms with Crippen LogP contribution in [0.15, 0.2) is 28.7 Å². The van der Waals surface area contributed by atoms with Gasteiger partial charge in [0.05, 0.1) is 11.4 Å². The molecule has 2 rings (SSSR count). The molecule has 4 heteroatoms. The van der Waals surface area contributed by atoms with E-state index in [2.05, 4.69) is 51.5 Å². The molecule has 0 atom stereocenters. The largest absolute Gasteiger partial charge is 0.316 e. The van der Waals surface area contributed by atoms with Gasteiger partial charge in [-0.2, -0.15) is 5.10 Å². The third-order valence-electron chi connectivity index (χ3n) is 2.65. The van der Waals surface area contributed by atoms with Gasteiger partial charge in [0.1, 0.15) is 0 Å². The average Bonchev–Trinajstić information content (AvgIpc) is 2.59. The van der Waals surface area contributed by atoms with Gasteiger partial charge < -0.3 is 5.32 Å². The summed E-state index contributed by atoms with van der Waals surface area (Å²) in [5.41, 5.74) is 4.56. The fourth-order valence-corrected chi connectivity index (χ4v) is 2.37. The maximum Gasteiger partial charge on any atom is 0.0694 e. The molecule has 0 aliphatic rings.